The number of carbonyl (C=O) groups is 1. The number of nitrogen functional groups attached to an aromatic ring is 1. The van der Waals surface area contributed by atoms with Crippen LogP contribution >= 0.6 is 11.6 Å². The topological polar surface area (TPSA) is 95.1 Å². The highest BCUT2D eigenvalue weighted by atomic mass is 35.5. The molecule has 3 N–H and O–H groups in total. The number of anilines is 1. The Bertz CT molecular complexity index is 910. The summed E-state index contributed by atoms with van der Waals surface area (Å²) < 4.78 is 6.53. The van der Waals surface area contributed by atoms with Crippen LogP contribution in [0.15, 0.2) is 48.5 Å². The first-order valence-corrected chi connectivity index (χ1v) is 7.84. The van der Waals surface area contributed by atoms with Crippen LogP contribution in [-0.4, -0.2) is 28.0 Å². The van der Waals surface area contributed by atoms with Crippen LogP contribution in [0, 0.1) is 0 Å². The van der Waals surface area contributed by atoms with E-state index < -0.39 is 5.91 Å². The van der Waals surface area contributed by atoms with E-state index in [2.05, 4.69) is 15.6 Å². The lowest BCUT2D eigenvalue weighted by Crippen LogP contribution is -2.24. The van der Waals surface area contributed by atoms with Gasteiger partial charge in [0.1, 0.15) is 5.75 Å². The summed E-state index contributed by atoms with van der Waals surface area (Å²) in [7, 11) is 1.59. The molecule has 2 aromatic carbocycles. The summed E-state index contributed by atoms with van der Waals surface area (Å²) in [5.74, 6) is 0.456. The lowest BCUT2D eigenvalue weighted by Gasteiger charge is -2.06. The summed E-state index contributed by atoms with van der Waals surface area (Å²) in [6.07, 6.45) is 0. The fourth-order valence-electron chi connectivity index (χ4n) is 2.30. The Labute approximate surface area is 149 Å². The number of methoxy groups -OCH3 is 1. The molecular weight excluding hydrogens is 342 g/mol. The number of rotatable bonds is 5. The quantitative estimate of drug-likeness (QED) is 0.731. The van der Waals surface area contributed by atoms with Crippen molar-refractivity contribution < 1.29 is 9.53 Å². The van der Waals surface area contributed by atoms with E-state index in [9.17, 15) is 4.79 Å². The summed E-state index contributed by atoms with van der Waals surface area (Å²) in [6.45, 7) is 0.319. The number of hydrogen-bond acceptors (Lipinski definition) is 5. The van der Waals surface area contributed by atoms with Gasteiger partial charge in [-0.05, 0) is 35.9 Å². The number of hydrogen-bond donors (Lipinski definition) is 2. The van der Waals surface area contributed by atoms with Gasteiger partial charge in [-0.15, -0.1) is 5.10 Å². The Balaban J connectivity index is 1.74. The summed E-state index contributed by atoms with van der Waals surface area (Å²) in [5.41, 5.74) is 7.60. The van der Waals surface area contributed by atoms with Gasteiger partial charge in [0, 0.05) is 11.6 Å². The van der Waals surface area contributed by atoms with Gasteiger partial charge in [0.05, 0.1) is 12.8 Å². The van der Waals surface area contributed by atoms with Crippen LogP contribution in [0.2, 0.25) is 5.02 Å². The molecule has 8 heteroatoms. The van der Waals surface area contributed by atoms with E-state index in [0.29, 0.717) is 17.3 Å². The van der Waals surface area contributed by atoms with E-state index in [4.69, 9.17) is 22.1 Å². The maximum Gasteiger partial charge on any atom is 0.275 e. The van der Waals surface area contributed by atoms with Crippen molar-refractivity contribution in [3.8, 4) is 11.4 Å². The molecule has 0 aliphatic carbocycles. The van der Waals surface area contributed by atoms with E-state index in [0.717, 1.165) is 11.3 Å². The third kappa shape index (κ3) is 3.72. The highest BCUT2D eigenvalue weighted by Gasteiger charge is 2.18. The summed E-state index contributed by atoms with van der Waals surface area (Å²) in [4.78, 5) is 12.3. The minimum atomic E-state index is -0.409. The van der Waals surface area contributed by atoms with Crippen LogP contribution in [0.3, 0.4) is 0 Å². The van der Waals surface area contributed by atoms with Crippen LogP contribution in [0.5, 0.6) is 5.75 Å². The second-order valence-electron chi connectivity index (χ2n) is 5.25. The minimum Gasteiger partial charge on any atom is -0.497 e. The molecule has 1 aromatic heterocycles. The van der Waals surface area contributed by atoms with E-state index in [1.807, 2.05) is 24.3 Å². The highest BCUT2D eigenvalue weighted by molar-refractivity contribution is 6.30. The smallest absolute Gasteiger partial charge is 0.275 e. The lowest BCUT2D eigenvalue weighted by atomic mass is 10.2. The zero-order valence-corrected chi connectivity index (χ0v) is 14.2. The van der Waals surface area contributed by atoms with Crippen molar-refractivity contribution in [1.29, 1.82) is 0 Å². The monoisotopic (exact) mass is 357 g/mol. The van der Waals surface area contributed by atoms with Crippen molar-refractivity contribution >= 4 is 23.3 Å². The average Bonchev–Trinajstić information content (AvgIpc) is 3.01. The van der Waals surface area contributed by atoms with Gasteiger partial charge in [-0.3, -0.25) is 4.79 Å². The molecule has 3 rings (SSSR count). The average molecular weight is 358 g/mol. The second-order valence-corrected chi connectivity index (χ2v) is 5.69. The van der Waals surface area contributed by atoms with Crippen LogP contribution in [0.25, 0.3) is 5.69 Å². The largest absolute Gasteiger partial charge is 0.497 e. The fourth-order valence-corrected chi connectivity index (χ4v) is 2.48. The van der Waals surface area contributed by atoms with Gasteiger partial charge >= 0.3 is 0 Å². The van der Waals surface area contributed by atoms with Crippen molar-refractivity contribution in [2.45, 2.75) is 6.54 Å². The first-order chi connectivity index (χ1) is 12.1. The molecule has 1 heterocycles. The molecule has 0 bridgehead atoms. The Hall–Kier alpha value is -3.06. The first-order valence-electron chi connectivity index (χ1n) is 7.46. The standard InChI is InChI=1S/C17H16ClN5O2/c1-25-14-7-2-4-11(8-14)10-20-17(24)15-16(19)23(22-21-15)13-6-3-5-12(18)9-13/h2-9H,10,19H2,1H3,(H,20,24). The molecule has 3 aromatic rings. The molecule has 1 amide bonds. The zero-order valence-electron chi connectivity index (χ0n) is 13.4. The molecule has 0 unspecified atom stereocenters. The Kier molecular flexibility index (Phi) is 4.85. The second kappa shape index (κ2) is 7.23. The molecule has 0 saturated carbocycles. The summed E-state index contributed by atoms with van der Waals surface area (Å²) >= 11 is 5.97. The number of nitrogens with one attached hydrogen (secondary N) is 1. The molecule has 0 aliphatic heterocycles. The number of nitrogens with zero attached hydrogens (tertiary/aromatic N) is 3. The molecule has 0 aliphatic rings. The number of ether oxygens (including phenoxy) is 1. The maximum atomic E-state index is 12.3. The molecule has 25 heavy (non-hydrogen) atoms. The van der Waals surface area contributed by atoms with Gasteiger partial charge in [-0.1, -0.05) is 35.0 Å². The SMILES string of the molecule is COc1cccc(CNC(=O)c2nnn(-c3cccc(Cl)c3)c2N)c1. The van der Waals surface area contributed by atoms with E-state index in [-0.39, 0.29) is 11.5 Å². The van der Waals surface area contributed by atoms with Crippen LogP contribution in [-0.2, 0) is 6.54 Å². The van der Waals surface area contributed by atoms with Gasteiger partial charge < -0.3 is 15.8 Å². The highest BCUT2D eigenvalue weighted by Crippen LogP contribution is 2.19. The van der Waals surface area contributed by atoms with Crippen molar-refractivity contribution in [2.24, 2.45) is 0 Å². The molecule has 0 spiro atoms. The van der Waals surface area contributed by atoms with E-state index in [1.165, 1.54) is 4.68 Å². The molecule has 7 nitrogen and oxygen atoms in total. The van der Waals surface area contributed by atoms with Gasteiger partial charge in [0.2, 0.25) is 0 Å². The Morgan fingerprint density at radius 3 is 2.84 bits per heavy atom. The van der Waals surface area contributed by atoms with Crippen molar-refractivity contribution in [2.75, 3.05) is 12.8 Å². The summed E-state index contributed by atoms with van der Waals surface area (Å²) in [6, 6.07) is 14.4. The van der Waals surface area contributed by atoms with E-state index in [1.54, 1.807) is 31.4 Å². The number of halogens is 1. The van der Waals surface area contributed by atoms with Crippen molar-refractivity contribution in [1.82, 2.24) is 20.3 Å². The number of benzene rings is 2. The first kappa shape index (κ1) is 16.8. The van der Waals surface area contributed by atoms with Crippen LogP contribution < -0.4 is 15.8 Å². The Morgan fingerprint density at radius 1 is 1.28 bits per heavy atom. The van der Waals surface area contributed by atoms with Crippen LogP contribution in [0.4, 0.5) is 5.82 Å². The third-order valence-corrected chi connectivity index (χ3v) is 3.80. The normalized spacial score (nSPS) is 10.5. The lowest BCUT2D eigenvalue weighted by molar-refractivity contribution is 0.0946. The number of carbonyl (C=O) groups excluding carboxylic acids is 1. The maximum absolute atomic E-state index is 12.3. The predicted octanol–water partition coefficient (Wildman–Crippen LogP) is 2.44. The van der Waals surface area contributed by atoms with Gasteiger partial charge in [0.25, 0.3) is 5.91 Å². The molecule has 0 atom stereocenters. The molecular formula is C17H16ClN5O2. The molecule has 0 saturated heterocycles. The number of amides is 1. The third-order valence-electron chi connectivity index (χ3n) is 3.56. The molecule has 128 valence electrons. The minimum absolute atomic E-state index is 0.0582. The van der Waals surface area contributed by atoms with Crippen LogP contribution in [0.1, 0.15) is 16.1 Å². The van der Waals surface area contributed by atoms with Gasteiger partial charge in [0.15, 0.2) is 11.5 Å². The Morgan fingerprint density at radius 2 is 2.08 bits per heavy atom. The van der Waals surface area contributed by atoms with Gasteiger partial charge in [-0.2, -0.15) is 4.68 Å². The molecule has 0 radical (unpaired) electrons. The zero-order chi connectivity index (χ0) is 17.8. The number of nitrogens with two attached hydrogens (primary N) is 1. The predicted molar refractivity (Wildman–Crippen MR) is 94.9 cm³/mol. The van der Waals surface area contributed by atoms with E-state index >= 15 is 0 Å². The fraction of sp³-hybridized carbons (Fsp3) is 0.118. The number of aromatic nitrogens is 3. The van der Waals surface area contributed by atoms with Crippen molar-refractivity contribution in [3.05, 3.63) is 64.8 Å². The van der Waals surface area contributed by atoms with Gasteiger partial charge in [-0.25, -0.2) is 0 Å². The molecule has 0 fully saturated rings. The van der Waals surface area contributed by atoms with Crippen molar-refractivity contribution in [3.63, 3.8) is 0 Å². The summed E-state index contributed by atoms with van der Waals surface area (Å²) in [5, 5.41) is 11.1.